The Kier molecular flexibility index (Phi) is 4.28. The van der Waals surface area contributed by atoms with Crippen LogP contribution in [0.1, 0.15) is 15.9 Å². The number of carboxylic acid groups (broad SMARTS) is 1. The quantitative estimate of drug-likeness (QED) is 0.807. The zero-order valence-corrected chi connectivity index (χ0v) is 11.0. The third-order valence-electron chi connectivity index (χ3n) is 2.41. The smallest absolute Gasteiger partial charge is 0.0726 e. The summed E-state index contributed by atoms with van der Waals surface area (Å²) in [4.78, 5) is 11.7. The molecule has 0 N–H and O–H groups in total. The van der Waals surface area contributed by atoms with Crippen molar-refractivity contribution in [1.29, 1.82) is 0 Å². The van der Waals surface area contributed by atoms with Crippen molar-refractivity contribution in [2.45, 2.75) is 10.6 Å². The van der Waals surface area contributed by atoms with Crippen LogP contribution >= 0.6 is 23.4 Å². The first-order valence-corrected chi connectivity index (χ1v) is 6.71. The van der Waals surface area contributed by atoms with E-state index in [4.69, 9.17) is 11.6 Å². The van der Waals surface area contributed by atoms with Crippen molar-refractivity contribution in [2.24, 2.45) is 0 Å². The number of hydrogen-bond acceptors (Lipinski definition) is 3. The predicted octanol–water partition coefficient (Wildman–Crippen LogP) is 3.00. The lowest BCUT2D eigenvalue weighted by atomic mass is 10.2. The number of thioether (sulfide) groups is 1. The van der Waals surface area contributed by atoms with E-state index in [1.807, 2.05) is 30.3 Å². The molecule has 2 rings (SSSR count). The highest BCUT2D eigenvalue weighted by atomic mass is 35.5. The standard InChI is InChI=1S/C14H11ClO2S/c15-11-7-5-10(6-8-11)9-18-13-4-2-1-3-12(13)14(16)17/h1-8H,9H2,(H,16,17)/p-1. The Morgan fingerprint density at radius 2 is 1.78 bits per heavy atom. The molecule has 0 heterocycles. The molecule has 2 nitrogen and oxygen atoms in total. The van der Waals surface area contributed by atoms with Crippen molar-refractivity contribution in [1.82, 2.24) is 0 Å². The molecule has 2 aromatic rings. The zero-order chi connectivity index (χ0) is 13.0. The van der Waals surface area contributed by atoms with Crippen LogP contribution in [0.4, 0.5) is 0 Å². The molecule has 0 saturated carbocycles. The second kappa shape index (κ2) is 5.94. The zero-order valence-electron chi connectivity index (χ0n) is 9.43. The van der Waals surface area contributed by atoms with E-state index in [0.29, 0.717) is 15.7 Å². The van der Waals surface area contributed by atoms with E-state index in [9.17, 15) is 9.90 Å². The maximum Gasteiger partial charge on any atom is 0.0726 e. The molecule has 0 aromatic heterocycles. The highest BCUT2D eigenvalue weighted by molar-refractivity contribution is 7.98. The molecule has 0 amide bonds. The molecule has 0 aliphatic rings. The van der Waals surface area contributed by atoms with Crippen LogP contribution in [0.15, 0.2) is 53.4 Å². The molecule has 0 aliphatic heterocycles. The van der Waals surface area contributed by atoms with Crippen LogP contribution in [0, 0.1) is 0 Å². The minimum atomic E-state index is -1.14. The minimum Gasteiger partial charge on any atom is -0.545 e. The van der Waals surface area contributed by atoms with Gasteiger partial charge in [0, 0.05) is 21.2 Å². The lowest BCUT2D eigenvalue weighted by Gasteiger charge is -2.09. The molecular formula is C14H10ClO2S-. The number of rotatable bonds is 4. The fourth-order valence-electron chi connectivity index (χ4n) is 1.50. The Hall–Kier alpha value is -1.45. The second-order valence-corrected chi connectivity index (χ2v) is 5.15. The van der Waals surface area contributed by atoms with Gasteiger partial charge in [-0.05, 0) is 23.8 Å². The summed E-state index contributed by atoms with van der Waals surface area (Å²) in [6.07, 6.45) is 0. The molecule has 0 aliphatic carbocycles. The molecule has 18 heavy (non-hydrogen) atoms. The summed E-state index contributed by atoms with van der Waals surface area (Å²) < 4.78 is 0. The fraction of sp³-hybridized carbons (Fsp3) is 0.0714. The molecule has 4 heteroatoms. The third kappa shape index (κ3) is 3.28. The van der Waals surface area contributed by atoms with Gasteiger partial charge in [0.05, 0.1) is 5.97 Å². The molecule has 0 saturated heterocycles. The molecule has 0 fully saturated rings. The summed E-state index contributed by atoms with van der Waals surface area (Å²) in [6.45, 7) is 0. The summed E-state index contributed by atoms with van der Waals surface area (Å²) >= 11 is 7.27. The maximum absolute atomic E-state index is 10.9. The van der Waals surface area contributed by atoms with Gasteiger partial charge in [-0.2, -0.15) is 0 Å². The normalized spacial score (nSPS) is 10.3. The van der Waals surface area contributed by atoms with E-state index in [1.54, 1.807) is 18.2 Å². The van der Waals surface area contributed by atoms with E-state index in [1.165, 1.54) is 11.8 Å². The number of carboxylic acids is 1. The summed E-state index contributed by atoms with van der Waals surface area (Å²) in [6, 6.07) is 14.3. The second-order valence-electron chi connectivity index (χ2n) is 3.70. The van der Waals surface area contributed by atoms with Gasteiger partial charge in [-0.1, -0.05) is 41.9 Å². The Morgan fingerprint density at radius 1 is 1.11 bits per heavy atom. The van der Waals surface area contributed by atoms with E-state index in [0.717, 1.165) is 5.56 Å². The number of benzene rings is 2. The van der Waals surface area contributed by atoms with Gasteiger partial charge >= 0.3 is 0 Å². The van der Waals surface area contributed by atoms with Gasteiger partial charge in [0.2, 0.25) is 0 Å². The van der Waals surface area contributed by atoms with Crippen LogP contribution in [-0.4, -0.2) is 5.97 Å². The molecule has 0 bridgehead atoms. The Balaban J connectivity index is 2.10. The molecule has 92 valence electrons. The third-order valence-corrected chi connectivity index (χ3v) is 3.81. The van der Waals surface area contributed by atoms with Gasteiger partial charge in [0.1, 0.15) is 0 Å². The average Bonchev–Trinajstić information content (AvgIpc) is 2.38. The number of aromatic carboxylic acids is 1. The fourth-order valence-corrected chi connectivity index (χ4v) is 2.63. The van der Waals surface area contributed by atoms with Crippen LogP contribution < -0.4 is 5.11 Å². The van der Waals surface area contributed by atoms with Gasteiger partial charge in [0.25, 0.3) is 0 Å². The summed E-state index contributed by atoms with van der Waals surface area (Å²) in [5, 5.41) is 11.6. The first-order valence-electron chi connectivity index (χ1n) is 5.34. The Labute approximate surface area is 115 Å². The maximum atomic E-state index is 10.9. The molecule has 0 unspecified atom stereocenters. The molecule has 0 spiro atoms. The minimum absolute atomic E-state index is 0.233. The van der Waals surface area contributed by atoms with Crippen LogP contribution in [0.25, 0.3) is 0 Å². The topological polar surface area (TPSA) is 40.1 Å². The van der Waals surface area contributed by atoms with Crippen molar-refractivity contribution in [3.05, 3.63) is 64.7 Å². The number of carbonyl (C=O) groups excluding carboxylic acids is 1. The monoisotopic (exact) mass is 277 g/mol. The Morgan fingerprint density at radius 3 is 2.44 bits per heavy atom. The molecule has 0 atom stereocenters. The SMILES string of the molecule is O=C([O-])c1ccccc1SCc1ccc(Cl)cc1. The predicted molar refractivity (Wildman–Crippen MR) is 71.8 cm³/mol. The average molecular weight is 278 g/mol. The van der Waals surface area contributed by atoms with E-state index >= 15 is 0 Å². The van der Waals surface area contributed by atoms with Gasteiger partial charge in [-0.3, -0.25) is 0 Å². The van der Waals surface area contributed by atoms with Crippen LogP contribution in [0.2, 0.25) is 5.02 Å². The van der Waals surface area contributed by atoms with Crippen LogP contribution in [0.5, 0.6) is 0 Å². The summed E-state index contributed by atoms with van der Waals surface area (Å²) in [5.74, 6) is -0.448. The number of carbonyl (C=O) groups is 1. The van der Waals surface area contributed by atoms with Gasteiger partial charge in [-0.25, -0.2) is 0 Å². The van der Waals surface area contributed by atoms with Crippen molar-refractivity contribution < 1.29 is 9.90 Å². The van der Waals surface area contributed by atoms with Crippen LogP contribution in [-0.2, 0) is 5.75 Å². The summed E-state index contributed by atoms with van der Waals surface area (Å²) in [7, 11) is 0. The van der Waals surface area contributed by atoms with Gasteiger partial charge in [0.15, 0.2) is 0 Å². The lowest BCUT2D eigenvalue weighted by Crippen LogP contribution is -2.22. The van der Waals surface area contributed by atoms with Crippen molar-refractivity contribution in [3.63, 3.8) is 0 Å². The molecule has 2 aromatic carbocycles. The summed E-state index contributed by atoms with van der Waals surface area (Å²) in [5.41, 5.74) is 1.33. The van der Waals surface area contributed by atoms with E-state index in [2.05, 4.69) is 0 Å². The van der Waals surface area contributed by atoms with Crippen molar-refractivity contribution in [2.75, 3.05) is 0 Å². The van der Waals surface area contributed by atoms with Gasteiger partial charge < -0.3 is 9.90 Å². The van der Waals surface area contributed by atoms with E-state index in [-0.39, 0.29) is 5.56 Å². The van der Waals surface area contributed by atoms with Crippen LogP contribution in [0.3, 0.4) is 0 Å². The largest absolute Gasteiger partial charge is 0.545 e. The molecular weight excluding hydrogens is 268 g/mol. The number of halogens is 1. The highest BCUT2D eigenvalue weighted by Crippen LogP contribution is 2.26. The Bertz CT molecular complexity index is 552. The van der Waals surface area contributed by atoms with Crippen molar-refractivity contribution >= 4 is 29.3 Å². The van der Waals surface area contributed by atoms with Crippen molar-refractivity contribution in [3.8, 4) is 0 Å². The first-order chi connectivity index (χ1) is 8.66. The lowest BCUT2D eigenvalue weighted by molar-refractivity contribution is -0.255. The first kappa shape index (κ1) is 13.0. The number of hydrogen-bond donors (Lipinski definition) is 0. The van der Waals surface area contributed by atoms with E-state index < -0.39 is 5.97 Å². The molecule has 0 radical (unpaired) electrons. The highest BCUT2D eigenvalue weighted by Gasteiger charge is 2.03. The van der Waals surface area contributed by atoms with Gasteiger partial charge in [-0.15, -0.1) is 11.8 Å².